The summed E-state index contributed by atoms with van der Waals surface area (Å²) in [5.41, 5.74) is 1.67. The summed E-state index contributed by atoms with van der Waals surface area (Å²) < 4.78 is 5.02. The number of hydrogen-bond donors (Lipinski definition) is 0. The molecular formula is C10H7Cl2NOS. The Morgan fingerprint density at radius 3 is 2.73 bits per heavy atom. The van der Waals surface area contributed by atoms with E-state index >= 15 is 0 Å². The van der Waals surface area contributed by atoms with Crippen LogP contribution in [0.1, 0.15) is 0 Å². The van der Waals surface area contributed by atoms with E-state index in [0.717, 1.165) is 11.3 Å². The third-order valence-corrected chi connectivity index (χ3v) is 3.21. The fraction of sp³-hybridized carbons (Fsp3) is 0.100. The van der Waals surface area contributed by atoms with E-state index < -0.39 is 0 Å². The minimum Gasteiger partial charge on any atom is -0.473 e. The molecule has 1 aromatic heterocycles. The molecule has 0 fully saturated rings. The van der Waals surface area contributed by atoms with Crippen LogP contribution >= 0.6 is 34.5 Å². The van der Waals surface area contributed by atoms with Gasteiger partial charge >= 0.3 is 0 Å². The van der Waals surface area contributed by atoms with Gasteiger partial charge in [0.15, 0.2) is 0 Å². The number of rotatable bonds is 2. The molecular weight excluding hydrogens is 253 g/mol. The van der Waals surface area contributed by atoms with Crippen LogP contribution in [-0.4, -0.2) is 12.1 Å². The zero-order valence-corrected chi connectivity index (χ0v) is 10.2. The van der Waals surface area contributed by atoms with Gasteiger partial charge in [-0.25, -0.2) is 4.98 Å². The van der Waals surface area contributed by atoms with E-state index in [9.17, 15) is 0 Å². The molecule has 0 N–H and O–H groups in total. The van der Waals surface area contributed by atoms with Gasteiger partial charge < -0.3 is 4.74 Å². The van der Waals surface area contributed by atoms with Crippen molar-refractivity contribution < 1.29 is 4.74 Å². The van der Waals surface area contributed by atoms with Gasteiger partial charge in [-0.15, -0.1) is 0 Å². The van der Waals surface area contributed by atoms with E-state index in [4.69, 9.17) is 27.9 Å². The largest absolute Gasteiger partial charge is 0.473 e. The van der Waals surface area contributed by atoms with Crippen LogP contribution in [0.2, 0.25) is 10.0 Å². The van der Waals surface area contributed by atoms with Crippen LogP contribution in [0.3, 0.4) is 0 Å². The normalized spacial score (nSPS) is 10.3. The number of nitrogens with zero attached hydrogens (tertiary/aromatic N) is 1. The number of methoxy groups -OCH3 is 1. The lowest BCUT2D eigenvalue weighted by Crippen LogP contribution is -1.82. The first-order valence-corrected chi connectivity index (χ1v) is 5.79. The number of ether oxygens (including phenoxy) is 1. The van der Waals surface area contributed by atoms with Gasteiger partial charge in [-0.05, 0) is 18.2 Å². The van der Waals surface area contributed by atoms with Crippen molar-refractivity contribution >= 4 is 34.5 Å². The Kier molecular flexibility index (Phi) is 3.14. The molecule has 0 saturated heterocycles. The van der Waals surface area contributed by atoms with Crippen molar-refractivity contribution in [1.29, 1.82) is 0 Å². The second kappa shape index (κ2) is 4.39. The molecule has 78 valence electrons. The number of benzene rings is 1. The number of thiazole rings is 1. The molecule has 0 amide bonds. The summed E-state index contributed by atoms with van der Waals surface area (Å²) in [5, 5.41) is 3.73. The van der Waals surface area contributed by atoms with Crippen molar-refractivity contribution in [2.75, 3.05) is 7.11 Å². The average molecular weight is 260 g/mol. The molecule has 2 rings (SSSR count). The monoisotopic (exact) mass is 259 g/mol. The predicted octanol–water partition coefficient (Wildman–Crippen LogP) is 4.13. The summed E-state index contributed by atoms with van der Waals surface area (Å²) in [4.78, 5) is 4.26. The van der Waals surface area contributed by atoms with Gasteiger partial charge in [-0.3, -0.25) is 0 Å². The van der Waals surface area contributed by atoms with Crippen LogP contribution in [0, 0.1) is 0 Å². The summed E-state index contributed by atoms with van der Waals surface area (Å²) in [6.45, 7) is 0. The lowest BCUT2D eigenvalue weighted by molar-refractivity contribution is 0.412. The third kappa shape index (κ3) is 2.25. The molecule has 2 aromatic rings. The van der Waals surface area contributed by atoms with Crippen LogP contribution in [-0.2, 0) is 0 Å². The van der Waals surface area contributed by atoms with Crippen LogP contribution < -0.4 is 4.74 Å². The van der Waals surface area contributed by atoms with Gasteiger partial charge in [0.2, 0.25) is 0 Å². The number of hydrogen-bond acceptors (Lipinski definition) is 3. The maximum absolute atomic E-state index is 6.06. The van der Waals surface area contributed by atoms with E-state index in [-0.39, 0.29) is 0 Å². The first kappa shape index (κ1) is 10.7. The maximum atomic E-state index is 6.06. The average Bonchev–Trinajstić information content (AvgIpc) is 2.66. The highest BCUT2D eigenvalue weighted by atomic mass is 35.5. The van der Waals surface area contributed by atoms with E-state index in [0.29, 0.717) is 15.2 Å². The molecule has 0 aliphatic rings. The van der Waals surface area contributed by atoms with Crippen LogP contribution in [0.4, 0.5) is 0 Å². The highest BCUT2D eigenvalue weighted by Crippen LogP contribution is 2.32. The van der Waals surface area contributed by atoms with Crippen LogP contribution in [0.5, 0.6) is 5.19 Å². The Morgan fingerprint density at radius 1 is 1.33 bits per heavy atom. The van der Waals surface area contributed by atoms with E-state index in [1.165, 1.54) is 11.3 Å². The zero-order valence-electron chi connectivity index (χ0n) is 7.83. The van der Waals surface area contributed by atoms with E-state index in [1.54, 1.807) is 19.2 Å². The Morgan fingerprint density at radius 2 is 2.13 bits per heavy atom. The van der Waals surface area contributed by atoms with Crippen LogP contribution in [0.15, 0.2) is 23.6 Å². The molecule has 0 atom stereocenters. The van der Waals surface area contributed by atoms with Gasteiger partial charge in [-0.1, -0.05) is 34.5 Å². The molecule has 0 aliphatic heterocycles. The molecule has 1 heterocycles. The lowest BCUT2D eigenvalue weighted by atomic mass is 10.2. The van der Waals surface area contributed by atoms with Gasteiger partial charge in [0.1, 0.15) is 0 Å². The Hall–Kier alpha value is -0.770. The zero-order chi connectivity index (χ0) is 10.8. The fourth-order valence-electron chi connectivity index (χ4n) is 1.17. The molecule has 2 nitrogen and oxygen atoms in total. The highest BCUT2D eigenvalue weighted by molar-refractivity contribution is 7.11. The number of aromatic nitrogens is 1. The Labute approximate surface area is 101 Å². The molecule has 1 aromatic carbocycles. The molecule has 0 radical (unpaired) electrons. The fourth-order valence-corrected chi connectivity index (χ4v) is 2.32. The summed E-state index contributed by atoms with van der Waals surface area (Å²) >= 11 is 13.3. The first-order valence-electron chi connectivity index (χ1n) is 4.15. The Bertz CT molecular complexity index is 484. The first-order chi connectivity index (χ1) is 7.20. The standard InChI is InChI=1S/C10H7Cl2NOS/c1-14-10-13-9(5-15-10)7-3-2-6(11)4-8(7)12/h2-5H,1H3. The second-order valence-electron chi connectivity index (χ2n) is 2.83. The van der Waals surface area contributed by atoms with Gasteiger partial charge in [0.25, 0.3) is 5.19 Å². The van der Waals surface area contributed by atoms with Crippen molar-refractivity contribution in [1.82, 2.24) is 4.98 Å². The third-order valence-electron chi connectivity index (χ3n) is 1.86. The molecule has 5 heteroatoms. The molecule has 0 unspecified atom stereocenters. The summed E-state index contributed by atoms with van der Waals surface area (Å²) in [6, 6.07) is 5.33. The van der Waals surface area contributed by atoms with Crippen LogP contribution in [0.25, 0.3) is 11.3 Å². The quantitative estimate of drug-likeness (QED) is 0.810. The molecule has 0 aliphatic carbocycles. The van der Waals surface area contributed by atoms with E-state index in [2.05, 4.69) is 4.98 Å². The molecule has 0 spiro atoms. The smallest absolute Gasteiger partial charge is 0.273 e. The molecule has 15 heavy (non-hydrogen) atoms. The topological polar surface area (TPSA) is 22.1 Å². The number of halogens is 2. The highest BCUT2D eigenvalue weighted by Gasteiger charge is 2.08. The molecule has 0 bridgehead atoms. The van der Waals surface area contributed by atoms with Crippen molar-refractivity contribution in [3.8, 4) is 16.5 Å². The van der Waals surface area contributed by atoms with Crippen molar-refractivity contribution in [2.24, 2.45) is 0 Å². The SMILES string of the molecule is COc1nc(-c2ccc(Cl)cc2Cl)cs1. The lowest BCUT2D eigenvalue weighted by Gasteiger charge is -2.00. The molecule has 0 saturated carbocycles. The summed E-state index contributed by atoms with van der Waals surface area (Å²) in [6.07, 6.45) is 0. The van der Waals surface area contributed by atoms with Crippen molar-refractivity contribution in [3.63, 3.8) is 0 Å². The van der Waals surface area contributed by atoms with Crippen molar-refractivity contribution in [3.05, 3.63) is 33.6 Å². The summed E-state index contributed by atoms with van der Waals surface area (Å²) in [7, 11) is 1.59. The Balaban J connectivity index is 2.44. The maximum Gasteiger partial charge on any atom is 0.273 e. The van der Waals surface area contributed by atoms with Gasteiger partial charge in [-0.2, -0.15) is 0 Å². The van der Waals surface area contributed by atoms with Gasteiger partial charge in [0, 0.05) is 16.0 Å². The second-order valence-corrected chi connectivity index (χ2v) is 4.49. The minimum atomic E-state index is 0.593. The minimum absolute atomic E-state index is 0.593. The van der Waals surface area contributed by atoms with Crippen molar-refractivity contribution in [2.45, 2.75) is 0 Å². The van der Waals surface area contributed by atoms with Gasteiger partial charge in [0.05, 0.1) is 17.8 Å². The summed E-state index contributed by atoms with van der Waals surface area (Å²) in [5.74, 6) is 0. The van der Waals surface area contributed by atoms with E-state index in [1.807, 2.05) is 11.4 Å². The predicted molar refractivity (Wildman–Crippen MR) is 64.1 cm³/mol.